The molecule has 0 radical (unpaired) electrons. The van der Waals surface area contributed by atoms with E-state index in [1.54, 1.807) is 37.3 Å². The van der Waals surface area contributed by atoms with Crippen LogP contribution in [0.3, 0.4) is 0 Å². The smallest absolute Gasteiger partial charge is 0.373 e. The Morgan fingerprint density at radius 1 is 0.438 bits per heavy atom. The van der Waals surface area contributed by atoms with E-state index in [0.717, 1.165) is 63.3 Å². The van der Waals surface area contributed by atoms with Crippen LogP contribution in [0.25, 0.3) is 22.3 Å². The lowest BCUT2D eigenvalue weighted by atomic mass is 9.93. The Morgan fingerprint density at radius 3 is 1.16 bits per heavy atom. The third-order valence-corrected chi connectivity index (χ3v) is 14.3. The predicted octanol–water partition coefficient (Wildman–Crippen LogP) is 15.1. The van der Waals surface area contributed by atoms with Gasteiger partial charge in [-0.15, -0.1) is 0 Å². The molecular weight excluding hydrogens is 1370 g/mol. The summed E-state index contributed by atoms with van der Waals surface area (Å²) in [6.45, 7) is 9.96. The summed E-state index contributed by atoms with van der Waals surface area (Å²) in [7, 11) is -4.39. The number of rotatable bonds is 5. The zero-order valence-electron chi connectivity index (χ0n) is 47.9. The Morgan fingerprint density at radius 2 is 0.787 bits per heavy atom. The number of halogens is 7. The average Bonchev–Trinajstić information content (AvgIpc) is 2.95. The van der Waals surface area contributed by atoms with Gasteiger partial charge in [0.25, 0.3) is 10.1 Å². The number of aryl methyl sites for hydroxylation is 1. The Balaban J connectivity index is 0.000000357. The fraction of sp³-hybridized carbons (Fsp3) is 0.113. The van der Waals surface area contributed by atoms with E-state index in [1.165, 1.54) is 24.3 Å². The van der Waals surface area contributed by atoms with E-state index in [1.807, 2.05) is 72.8 Å². The van der Waals surface area contributed by atoms with Crippen molar-refractivity contribution < 1.29 is 67.1 Å². The maximum Gasteiger partial charge on any atom is 0.373 e. The molecule has 0 atom stereocenters. The first-order valence-corrected chi connectivity index (χ1v) is 29.6. The zero-order chi connectivity index (χ0) is 67.8. The van der Waals surface area contributed by atoms with Gasteiger partial charge in [0.15, 0.2) is 23.1 Å². The van der Waals surface area contributed by atoms with Crippen LogP contribution in [-0.4, -0.2) is 54.9 Å². The number of nitrogen functional groups attached to an aromatic ring is 7. The van der Waals surface area contributed by atoms with Crippen molar-refractivity contribution in [2.24, 2.45) is 0 Å². The van der Waals surface area contributed by atoms with Gasteiger partial charge < -0.3 is 75.9 Å². The third-order valence-electron chi connectivity index (χ3n) is 11.4. The number of aromatic hydroxyl groups is 7. The molecule has 9 aromatic carbocycles. The van der Waals surface area contributed by atoms with Crippen molar-refractivity contribution in [2.75, 3.05) is 40.1 Å². The molecule has 0 amide bonds. The number of carbonyl (C=O) groups excluding carboxylic acids is 2. The summed E-state index contributed by atoms with van der Waals surface area (Å²) in [5, 5.41) is 66.0. The van der Waals surface area contributed by atoms with Gasteiger partial charge in [0.2, 0.25) is 0 Å². The minimum absolute atomic E-state index is 0.0483. The molecule has 9 aromatic rings. The van der Waals surface area contributed by atoms with E-state index in [9.17, 15) is 32.5 Å². The fourth-order valence-corrected chi connectivity index (χ4v) is 9.79. The van der Waals surface area contributed by atoms with Gasteiger partial charge in [-0.3, -0.25) is 4.55 Å². The molecule has 0 unspecified atom stereocenters. The predicted molar refractivity (Wildman–Crippen MR) is 357 cm³/mol. The van der Waals surface area contributed by atoms with Crippen LogP contribution in [0, 0.1) is 18.6 Å². The zero-order valence-corrected chi connectivity index (χ0v) is 54.2. The molecule has 19 nitrogen and oxygen atoms in total. The lowest BCUT2D eigenvalue weighted by Crippen LogP contribution is -1.99. The van der Waals surface area contributed by atoms with Gasteiger partial charge >= 0.3 is 6.15 Å². The lowest BCUT2D eigenvalue weighted by molar-refractivity contribution is -0.191. The number of benzene rings is 9. The van der Waals surface area contributed by atoms with Crippen molar-refractivity contribution in [3.05, 3.63) is 204 Å². The van der Waals surface area contributed by atoms with Gasteiger partial charge in [-0.25, -0.2) is 8.78 Å². The molecule has 0 aliphatic heterocycles. The highest BCUT2D eigenvalue weighted by Gasteiger charge is 2.17. The van der Waals surface area contributed by atoms with Crippen molar-refractivity contribution in [1.82, 2.24) is 0 Å². The Bertz CT molecular complexity index is 3590. The maximum atomic E-state index is 12.3. The van der Waals surface area contributed by atoms with Crippen LogP contribution in [0.2, 0.25) is 15.1 Å². The summed E-state index contributed by atoms with van der Waals surface area (Å²) in [5.74, 6) is -2.17. The molecular formula is C62H64Br2Cl3F2N7O12S. The number of hydrogen-bond acceptors (Lipinski definition) is 18. The second kappa shape index (κ2) is 35.8. The van der Waals surface area contributed by atoms with E-state index in [-0.39, 0.29) is 50.6 Å². The monoisotopic (exact) mass is 1430 g/mol. The van der Waals surface area contributed by atoms with Gasteiger partial charge in [0, 0.05) is 63.1 Å². The number of phenolic OH excluding ortho intramolecular Hbond substituents is 7. The summed E-state index contributed by atoms with van der Waals surface area (Å²) < 4.78 is 55.4. The molecule has 0 fully saturated rings. The molecule has 0 spiro atoms. The Labute approximate surface area is 544 Å². The van der Waals surface area contributed by atoms with Crippen LogP contribution in [0.1, 0.15) is 56.2 Å². The normalized spacial score (nSPS) is 10.1. The summed E-state index contributed by atoms with van der Waals surface area (Å²) >= 11 is 22.9. The minimum Gasteiger partial charge on any atom is -0.507 e. The molecule has 22 N–H and O–H groups in total. The Hall–Kier alpha value is -8.84. The molecule has 0 saturated heterocycles. The van der Waals surface area contributed by atoms with Crippen LogP contribution in [0.4, 0.5) is 48.6 Å². The van der Waals surface area contributed by atoms with E-state index in [4.69, 9.17) is 110 Å². The van der Waals surface area contributed by atoms with Crippen LogP contribution in [0.15, 0.2) is 166 Å². The van der Waals surface area contributed by atoms with Crippen LogP contribution < -0.4 is 40.1 Å². The standard InChI is InChI=1S/C18H15NO.C12H19NO.C7H8ClNO.C6H5Br2NO.C6H5Cl2NO.C6H5F2NO.C6H7NO4S.CO2/c19-15-11-16(13-7-3-1-4-8-13)18(20)17(12-15)14-9-5-2-6-10-14;1-7(2)10-5-9(13)6-11(8(3)4)12(10)14;1-4-2-5(9)3-6(8)7(4)10;3*7-4-1-3(9)2-5(8)6(4)10;7-4-1-2-5(8)6(3-4)12(9,10)11;2-1-3/h1-12,20H,19H2;5-8,14H,13H2,1-4H3;2-3,10H,9H2,1H3;3*1-2,10H,9H2;1-3,8H,7H2,(H,9,10,11);. The summed E-state index contributed by atoms with van der Waals surface area (Å²) in [6.07, 6.45) is 0.250. The van der Waals surface area contributed by atoms with Gasteiger partial charge in [-0.2, -0.15) is 18.0 Å². The van der Waals surface area contributed by atoms with Crippen molar-refractivity contribution in [1.29, 1.82) is 0 Å². The molecule has 474 valence electrons. The molecule has 89 heavy (non-hydrogen) atoms. The highest BCUT2D eigenvalue weighted by Crippen LogP contribution is 2.41. The van der Waals surface area contributed by atoms with E-state index >= 15 is 0 Å². The summed E-state index contributed by atoms with van der Waals surface area (Å²) in [4.78, 5) is 15.7. The second-order valence-corrected chi connectivity index (χ2v) is 23.3. The van der Waals surface area contributed by atoms with Crippen molar-refractivity contribution >= 4 is 123 Å². The summed E-state index contributed by atoms with van der Waals surface area (Å²) in [5.41, 5.74) is 47.4. The SMILES string of the molecule is CC(C)c1cc(N)cc(C(C)C)c1O.Cc1cc(N)cc(Cl)c1O.Nc1cc(-c2ccccc2)c(O)c(-c2ccccc2)c1.Nc1cc(Br)c(O)c(Br)c1.Nc1cc(Cl)c(O)c(Cl)c1.Nc1cc(F)c(O)c(F)c1.Nc1ccc(O)c(S(=O)(=O)O)c1.O=C=O. The molecule has 0 bridgehead atoms. The third kappa shape index (κ3) is 24.7. The van der Waals surface area contributed by atoms with Crippen molar-refractivity contribution in [2.45, 2.75) is 51.3 Å². The molecule has 0 saturated carbocycles. The highest BCUT2D eigenvalue weighted by molar-refractivity contribution is 9.11. The van der Waals surface area contributed by atoms with Gasteiger partial charge in [-0.1, -0.05) is 123 Å². The first-order valence-electron chi connectivity index (χ1n) is 25.4. The maximum absolute atomic E-state index is 12.3. The van der Waals surface area contributed by atoms with E-state index < -0.39 is 38.1 Å². The highest BCUT2D eigenvalue weighted by atomic mass is 79.9. The summed E-state index contributed by atoms with van der Waals surface area (Å²) in [6, 6.07) is 41.3. The van der Waals surface area contributed by atoms with Crippen molar-refractivity contribution in [3.8, 4) is 62.5 Å². The van der Waals surface area contributed by atoms with E-state index in [2.05, 4.69) is 59.6 Å². The minimum atomic E-state index is -4.39. The van der Waals surface area contributed by atoms with Gasteiger partial charge in [0.05, 0.1) is 24.0 Å². The second-order valence-electron chi connectivity index (χ2n) is 19.0. The number of phenols is 7. The molecule has 0 aliphatic rings. The molecule has 9 rings (SSSR count). The number of hydrogen-bond donors (Lipinski definition) is 15. The Kier molecular flexibility index (Phi) is 30.7. The quantitative estimate of drug-likeness (QED) is 0.0432. The van der Waals surface area contributed by atoms with Crippen LogP contribution in [0.5, 0.6) is 40.2 Å². The van der Waals surface area contributed by atoms with Crippen LogP contribution >= 0.6 is 66.7 Å². The van der Waals surface area contributed by atoms with Crippen molar-refractivity contribution in [3.63, 3.8) is 0 Å². The first-order chi connectivity index (χ1) is 41.4. The van der Waals surface area contributed by atoms with Crippen LogP contribution in [-0.2, 0) is 19.7 Å². The first kappa shape index (κ1) is 76.3. The molecule has 0 heterocycles. The average molecular weight is 1440 g/mol. The lowest BCUT2D eigenvalue weighted by Gasteiger charge is -2.15. The fourth-order valence-electron chi connectivity index (χ4n) is 7.17. The van der Waals surface area contributed by atoms with E-state index in [0.29, 0.717) is 59.9 Å². The van der Waals surface area contributed by atoms with Gasteiger partial charge in [0.1, 0.15) is 33.6 Å². The molecule has 27 heteroatoms. The largest absolute Gasteiger partial charge is 0.507 e. The topological polar surface area (TPSA) is 412 Å². The molecule has 0 aromatic heterocycles. The van der Waals surface area contributed by atoms with Gasteiger partial charge in [-0.05, 0) is 157 Å². The number of anilines is 7. The molecule has 0 aliphatic carbocycles. The number of nitrogens with two attached hydrogens (primary N) is 7.